The summed E-state index contributed by atoms with van der Waals surface area (Å²) in [5.41, 5.74) is 6.99. The quantitative estimate of drug-likeness (QED) is 0.630. The normalized spacial score (nSPS) is 16.5. The number of fused-ring (bicyclic) bond motifs is 2. The number of hydrogen-bond donors (Lipinski definition) is 1. The van der Waals surface area contributed by atoms with Crippen LogP contribution in [-0.4, -0.2) is 55.6 Å². The van der Waals surface area contributed by atoms with Gasteiger partial charge in [0.1, 0.15) is 6.29 Å². The van der Waals surface area contributed by atoms with Crippen molar-refractivity contribution < 1.29 is 14.4 Å². The predicted octanol–water partition coefficient (Wildman–Crippen LogP) is 4.00. The summed E-state index contributed by atoms with van der Waals surface area (Å²) in [6.07, 6.45) is 8.90. The van der Waals surface area contributed by atoms with Gasteiger partial charge in [0, 0.05) is 72.7 Å². The van der Waals surface area contributed by atoms with Gasteiger partial charge in [0.2, 0.25) is 0 Å². The van der Waals surface area contributed by atoms with Gasteiger partial charge >= 0.3 is 0 Å². The van der Waals surface area contributed by atoms with Crippen LogP contribution in [0.3, 0.4) is 0 Å². The van der Waals surface area contributed by atoms with Gasteiger partial charge in [0.05, 0.1) is 11.4 Å². The van der Waals surface area contributed by atoms with Crippen molar-refractivity contribution in [1.82, 2.24) is 9.88 Å². The molecular weight excluding hydrogens is 410 g/mol. The summed E-state index contributed by atoms with van der Waals surface area (Å²) in [5, 5.41) is 0. The summed E-state index contributed by atoms with van der Waals surface area (Å²) in [6, 6.07) is 4.07. The lowest BCUT2D eigenvalue weighted by molar-refractivity contribution is 0.111. The van der Waals surface area contributed by atoms with Crippen LogP contribution < -0.4 is 4.90 Å². The highest BCUT2D eigenvalue weighted by atomic mass is 32.2. The number of nitrogens with one attached hydrogen (secondary N) is 1. The van der Waals surface area contributed by atoms with Gasteiger partial charge in [-0.15, -0.1) is 0 Å². The second-order valence-electron chi connectivity index (χ2n) is 8.49. The number of anilines is 1. The van der Waals surface area contributed by atoms with E-state index < -0.39 is 0 Å². The molecule has 1 aliphatic carbocycles. The molecule has 2 aromatic rings. The van der Waals surface area contributed by atoms with Crippen LogP contribution in [0.25, 0.3) is 5.57 Å². The van der Waals surface area contributed by atoms with Crippen molar-refractivity contribution in [3.8, 4) is 0 Å². The highest BCUT2D eigenvalue weighted by Gasteiger charge is 2.33. The minimum Gasteiger partial charge on any atom is -0.383 e. The van der Waals surface area contributed by atoms with E-state index in [0.29, 0.717) is 29.4 Å². The van der Waals surface area contributed by atoms with Crippen LogP contribution in [0.1, 0.15) is 66.4 Å². The largest absolute Gasteiger partial charge is 0.383 e. The first-order valence-electron chi connectivity index (χ1n) is 10.4. The molecule has 1 aromatic heterocycles. The number of carbonyl (C=O) groups excluding carboxylic acids is 3. The first-order valence-corrected chi connectivity index (χ1v) is 11.8. The zero-order valence-corrected chi connectivity index (χ0v) is 18.9. The fourth-order valence-corrected chi connectivity index (χ4v) is 4.90. The molecule has 7 heteroatoms. The molecule has 6 nitrogen and oxygen atoms in total. The molecule has 1 N–H and O–H groups in total. The Labute approximate surface area is 186 Å². The lowest BCUT2D eigenvalue weighted by atomic mass is 9.92. The van der Waals surface area contributed by atoms with Crippen molar-refractivity contribution in [3.05, 3.63) is 57.5 Å². The lowest BCUT2D eigenvalue weighted by Crippen LogP contribution is -2.26. The summed E-state index contributed by atoms with van der Waals surface area (Å²) in [4.78, 5) is 42.9. The molecule has 2 aliphatic rings. The first-order chi connectivity index (χ1) is 15.0. The van der Waals surface area contributed by atoms with E-state index in [0.717, 1.165) is 64.7 Å². The standard InChI is InChI=1S/C24H27N3O3S/c1-26(2)9-19-18-6-17(14-31-3)16(11-28)7-23(18)27(8-15-4-5-15)10-20-21(12-29)25-22(13-30)24(19)20/h6-7,9,11-13,15,25H,4-5,8,10,14H2,1-3H3/b19-9-. The number of H-pyrrole nitrogens is 1. The third-order valence-electron chi connectivity index (χ3n) is 5.90. The molecule has 1 aromatic carbocycles. The van der Waals surface area contributed by atoms with Gasteiger partial charge < -0.3 is 14.8 Å². The van der Waals surface area contributed by atoms with Gasteiger partial charge in [-0.2, -0.15) is 11.8 Å². The van der Waals surface area contributed by atoms with Crippen molar-refractivity contribution in [2.75, 3.05) is 31.8 Å². The maximum Gasteiger partial charge on any atom is 0.166 e. The van der Waals surface area contributed by atoms with E-state index in [1.54, 1.807) is 11.8 Å². The van der Waals surface area contributed by atoms with Gasteiger partial charge in [-0.3, -0.25) is 14.4 Å². The van der Waals surface area contributed by atoms with E-state index in [1.165, 1.54) is 12.8 Å². The van der Waals surface area contributed by atoms with Crippen molar-refractivity contribution in [3.63, 3.8) is 0 Å². The minimum atomic E-state index is 0.412. The molecule has 0 atom stereocenters. The number of aromatic nitrogens is 1. The minimum absolute atomic E-state index is 0.412. The number of nitrogens with zero attached hydrogens (tertiary/aromatic N) is 2. The first kappa shape index (κ1) is 21.4. The van der Waals surface area contributed by atoms with E-state index in [-0.39, 0.29) is 0 Å². The Hall–Kier alpha value is -2.80. The summed E-state index contributed by atoms with van der Waals surface area (Å²) in [7, 11) is 3.88. The fourth-order valence-electron chi connectivity index (χ4n) is 4.34. The van der Waals surface area contributed by atoms with Crippen molar-refractivity contribution in [2.45, 2.75) is 25.1 Å². The van der Waals surface area contributed by atoms with Gasteiger partial charge in [-0.1, -0.05) is 0 Å². The third kappa shape index (κ3) is 4.06. The molecule has 1 saturated carbocycles. The molecule has 0 amide bonds. The topological polar surface area (TPSA) is 73.5 Å². The van der Waals surface area contributed by atoms with Crippen LogP contribution >= 0.6 is 11.8 Å². The van der Waals surface area contributed by atoms with Crippen LogP contribution in [0.4, 0.5) is 5.69 Å². The molecule has 1 aliphatic heterocycles. The molecule has 0 radical (unpaired) electrons. The van der Waals surface area contributed by atoms with Gasteiger partial charge in [0.25, 0.3) is 0 Å². The molecule has 0 saturated heterocycles. The molecule has 4 rings (SSSR count). The van der Waals surface area contributed by atoms with Gasteiger partial charge in [-0.25, -0.2) is 0 Å². The maximum absolute atomic E-state index is 12.0. The average Bonchev–Trinajstić information content (AvgIpc) is 3.52. The van der Waals surface area contributed by atoms with Crippen molar-refractivity contribution in [1.29, 1.82) is 0 Å². The lowest BCUT2D eigenvalue weighted by Gasteiger charge is -2.26. The fraction of sp³-hybridized carbons (Fsp3) is 0.375. The molecule has 0 unspecified atom stereocenters. The van der Waals surface area contributed by atoms with E-state index in [4.69, 9.17) is 0 Å². The summed E-state index contributed by atoms with van der Waals surface area (Å²) in [5.74, 6) is 1.34. The average molecular weight is 438 g/mol. The van der Waals surface area contributed by atoms with Crippen LogP contribution in [0.2, 0.25) is 0 Å². The van der Waals surface area contributed by atoms with Crippen molar-refractivity contribution in [2.24, 2.45) is 5.92 Å². The zero-order valence-electron chi connectivity index (χ0n) is 18.1. The zero-order chi connectivity index (χ0) is 22.1. The second kappa shape index (κ2) is 8.75. The van der Waals surface area contributed by atoms with E-state index in [9.17, 15) is 14.4 Å². The molecule has 162 valence electrons. The molecule has 0 bridgehead atoms. The number of aldehydes is 3. The monoisotopic (exact) mass is 437 g/mol. The molecule has 1 fully saturated rings. The maximum atomic E-state index is 12.0. The smallest absolute Gasteiger partial charge is 0.166 e. The van der Waals surface area contributed by atoms with Crippen LogP contribution in [-0.2, 0) is 12.3 Å². The Bertz CT molecular complexity index is 1070. The van der Waals surface area contributed by atoms with Gasteiger partial charge in [-0.05, 0) is 42.7 Å². The molecule has 31 heavy (non-hydrogen) atoms. The Morgan fingerprint density at radius 2 is 1.87 bits per heavy atom. The summed E-state index contributed by atoms with van der Waals surface area (Å²) < 4.78 is 0. The van der Waals surface area contributed by atoms with Crippen LogP contribution in [0, 0.1) is 5.92 Å². The Morgan fingerprint density at radius 1 is 1.13 bits per heavy atom. The number of benzene rings is 1. The Balaban J connectivity index is 2.04. The highest BCUT2D eigenvalue weighted by molar-refractivity contribution is 7.97. The number of thioether (sulfide) groups is 1. The third-order valence-corrected chi connectivity index (χ3v) is 6.50. The summed E-state index contributed by atoms with van der Waals surface area (Å²) >= 11 is 1.67. The van der Waals surface area contributed by atoms with Crippen LogP contribution in [0.5, 0.6) is 0 Å². The molecular formula is C24H27N3O3S. The Kier molecular flexibility index (Phi) is 6.05. The van der Waals surface area contributed by atoms with Crippen molar-refractivity contribution >= 4 is 41.9 Å². The highest BCUT2D eigenvalue weighted by Crippen LogP contribution is 2.43. The number of hydrogen-bond acceptors (Lipinski definition) is 6. The molecule has 2 heterocycles. The van der Waals surface area contributed by atoms with Gasteiger partial charge in [0.15, 0.2) is 12.6 Å². The van der Waals surface area contributed by atoms with Crippen LogP contribution in [0.15, 0.2) is 18.3 Å². The summed E-state index contributed by atoms with van der Waals surface area (Å²) in [6.45, 7) is 1.38. The Morgan fingerprint density at radius 3 is 2.45 bits per heavy atom. The number of aromatic amines is 1. The predicted molar refractivity (Wildman–Crippen MR) is 125 cm³/mol. The van der Waals surface area contributed by atoms with E-state index in [1.807, 2.05) is 37.5 Å². The molecule has 0 spiro atoms. The number of carbonyl (C=O) groups is 3. The number of rotatable bonds is 8. The van der Waals surface area contributed by atoms with E-state index >= 15 is 0 Å². The SMILES string of the molecule is CSCc1cc2c(cc1C=O)N(CC1CC1)Cc1c(C=O)[nH]c(C=O)c1/C2=C\N(C)C. The van der Waals surface area contributed by atoms with E-state index in [2.05, 4.69) is 16.0 Å². The second-order valence-corrected chi connectivity index (χ2v) is 9.36.